The number of nitrogens with zero attached hydrogens (tertiary/aromatic N) is 3. The SMILES string of the molecule is CC(C)(C)C(=O)NCn1ccc2nc(Cl)cnc21. The standard InChI is InChI=1S/C12H15ClN4O/c1-12(2,3)11(18)15-7-17-5-4-8-10(17)14-6-9(13)16-8/h4-6H,7H2,1-3H3,(H,15,18). The van der Waals surface area contributed by atoms with Crippen LogP contribution in [0.1, 0.15) is 20.8 Å². The average molecular weight is 267 g/mol. The highest BCUT2D eigenvalue weighted by molar-refractivity contribution is 6.29. The minimum absolute atomic E-state index is 0.00808. The van der Waals surface area contributed by atoms with Gasteiger partial charge in [-0.1, -0.05) is 32.4 Å². The molecule has 0 spiro atoms. The summed E-state index contributed by atoms with van der Waals surface area (Å²) < 4.78 is 1.82. The van der Waals surface area contributed by atoms with Crippen molar-refractivity contribution >= 4 is 28.7 Å². The van der Waals surface area contributed by atoms with Crippen molar-refractivity contribution in [3.63, 3.8) is 0 Å². The first kappa shape index (κ1) is 12.8. The van der Waals surface area contributed by atoms with Gasteiger partial charge in [0, 0.05) is 11.6 Å². The third kappa shape index (κ3) is 2.61. The van der Waals surface area contributed by atoms with Gasteiger partial charge in [-0.15, -0.1) is 0 Å². The lowest BCUT2D eigenvalue weighted by atomic mass is 9.96. The largest absolute Gasteiger partial charge is 0.338 e. The Bertz CT molecular complexity index is 585. The van der Waals surface area contributed by atoms with E-state index in [2.05, 4.69) is 15.3 Å². The summed E-state index contributed by atoms with van der Waals surface area (Å²) in [4.78, 5) is 20.1. The number of amides is 1. The van der Waals surface area contributed by atoms with Crippen LogP contribution in [-0.4, -0.2) is 20.4 Å². The normalized spacial score (nSPS) is 11.8. The Hall–Kier alpha value is -1.62. The number of hydrogen-bond donors (Lipinski definition) is 1. The number of hydrogen-bond acceptors (Lipinski definition) is 3. The molecule has 2 heterocycles. The molecule has 0 aliphatic rings. The Labute approximate surface area is 110 Å². The maximum atomic E-state index is 11.8. The first-order valence-electron chi connectivity index (χ1n) is 5.63. The van der Waals surface area contributed by atoms with Gasteiger partial charge in [-0.3, -0.25) is 4.79 Å². The quantitative estimate of drug-likeness (QED) is 0.907. The zero-order valence-electron chi connectivity index (χ0n) is 10.6. The summed E-state index contributed by atoms with van der Waals surface area (Å²) in [6.07, 6.45) is 3.32. The third-order valence-electron chi connectivity index (χ3n) is 2.53. The van der Waals surface area contributed by atoms with Gasteiger partial charge in [-0.05, 0) is 6.07 Å². The van der Waals surface area contributed by atoms with Crippen molar-refractivity contribution in [1.82, 2.24) is 19.9 Å². The summed E-state index contributed by atoms with van der Waals surface area (Å²) in [5.41, 5.74) is 1.01. The van der Waals surface area contributed by atoms with E-state index in [0.29, 0.717) is 23.0 Å². The summed E-state index contributed by atoms with van der Waals surface area (Å²) in [6, 6.07) is 1.82. The molecule has 0 atom stereocenters. The zero-order valence-corrected chi connectivity index (χ0v) is 11.3. The van der Waals surface area contributed by atoms with Crippen LogP contribution in [0.2, 0.25) is 5.15 Å². The molecule has 1 N–H and O–H groups in total. The molecule has 0 aliphatic carbocycles. The van der Waals surface area contributed by atoms with E-state index < -0.39 is 5.41 Å². The molecule has 0 aliphatic heterocycles. The second-order valence-electron chi connectivity index (χ2n) is 5.10. The van der Waals surface area contributed by atoms with Crippen LogP contribution in [0.3, 0.4) is 0 Å². The maximum Gasteiger partial charge on any atom is 0.226 e. The highest BCUT2D eigenvalue weighted by Gasteiger charge is 2.20. The number of aromatic nitrogens is 3. The molecule has 0 bridgehead atoms. The van der Waals surface area contributed by atoms with E-state index in [0.717, 1.165) is 0 Å². The molecular weight excluding hydrogens is 252 g/mol. The minimum atomic E-state index is -0.405. The van der Waals surface area contributed by atoms with Crippen molar-refractivity contribution in [3.05, 3.63) is 23.6 Å². The Morgan fingerprint density at radius 2 is 2.22 bits per heavy atom. The Morgan fingerprint density at radius 1 is 1.50 bits per heavy atom. The Kier molecular flexibility index (Phi) is 3.26. The summed E-state index contributed by atoms with van der Waals surface area (Å²) in [5.74, 6) is -0.00808. The fourth-order valence-electron chi connectivity index (χ4n) is 1.49. The van der Waals surface area contributed by atoms with Gasteiger partial charge in [0.15, 0.2) is 5.65 Å². The number of carbonyl (C=O) groups is 1. The summed E-state index contributed by atoms with van der Waals surface area (Å²) in [6.45, 7) is 5.98. The van der Waals surface area contributed by atoms with Crippen molar-refractivity contribution in [1.29, 1.82) is 0 Å². The van der Waals surface area contributed by atoms with Gasteiger partial charge < -0.3 is 9.88 Å². The van der Waals surface area contributed by atoms with Crippen LogP contribution in [0, 0.1) is 5.41 Å². The third-order valence-corrected chi connectivity index (χ3v) is 2.71. The zero-order chi connectivity index (χ0) is 13.3. The Balaban J connectivity index is 2.16. The van der Waals surface area contributed by atoms with E-state index >= 15 is 0 Å². The molecule has 0 fully saturated rings. The van der Waals surface area contributed by atoms with Gasteiger partial charge in [-0.2, -0.15) is 0 Å². The number of fused-ring (bicyclic) bond motifs is 1. The Morgan fingerprint density at radius 3 is 2.89 bits per heavy atom. The van der Waals surface area contributed by atoms with E-state index in [1.807, 2.05) is 37.6 Å². The minimum Gasteiger partial charge on any atom is -0.338 e. The van der Waals surface area contributed by atoms with Crippen molar-refractivity contribution in [2.45, 2.75) is 27.4 Å². The van der Waals surface area contributed by atoms with Gasteiger partial charge in [0.05, 0.1) is 12.9 Å². The molecule has 0 saturated heterocycles. The fraction of sp³-hybridized carbons (Fsp3) is 0.417. The topological polar surface area (TPSA) is 59.8 Å². The lowest BCUT2D eigenvalue weighted by Gasteiger charge is -2.18. The van der Waals surface area contributed by atoms with Gasteiger partial charge in [0.2, 0.25) is 5.91 Å². The van der Waals surface area contributed by atoms with Crippen LogP contribution in [0.25, 0.3) is 11.2 Å². The van der Waals surface area contributed by atoms with E-state index in [1.165, 1.54) is 6.20 Å². The van der Waals surface area contributed by atoms with Crippen LogP contribution < -0.4 is 5.32 Å². The molecule has 0 aromatic carbocycles. The molecule has 0 radical (unpaired) electrons. The van der Waals surface area contributed by atoms with Gasteiger partial charge in [0.1, 0.15) is 10.7 Å². The van der Waals surface area contributed by atoms with E-state index in [9.17, 15) is 4.79 Å². The van der Waals surface area contributed by atoms with Crippen LogP contribution >= 0.6 is 11.6 Å². The molecule has 5 nitrogen and oxygen atoms in total. The molecule has 96 valence electrons. The lowest BCUT2D eigenvalue weighted by molar-refractivity contribution is -0.129. The predicted molar refractivity (Wildman–Crippen MR) is 70.1 cm³/mol. The van der Waals surface area contributed by atoms with Gasteiger partial charge in [-0.25, -0.2) is 9.97 Å². The number of nitrogens with one attached hydrogen (secondary N) is 1. The number of carbonyl (C=O) groups excluding carboxylic acids is 1. The summed E-state index contributed by atoms with van der Waals surface area (Å²) in [5, 5.41) is 3.22. The molecule has 1 amide bonds. The second-order valence-corrected chi connectivity index (χ2v) is 5.49. The predicted octanol–water partition coefficient (Wildman–Crippen LogP) is 2.20. The summed E-state index contributed by atoms with van der Waals surface area (Å²) in [7, 11) is 0. The molecular formula is C12H15ClN4O. The fourth-order valence-corrected chi connectivity index (χ4v) is 1.63. The van der Waals surface area contributed by atoms with Crippen molar-refractivity contribution < 1.29 is 4.79 Å². The first-order chi connectivity index (χ1) is 8.38. The summed E-state index contributed by atoms with van der Waals surface area (Å²) >= 11 is 5.76. The molecule has 0 unspecified atom stereocenters. The monoisotopic (exact) mass is 266 g/mol. The van der Waals surface area contributed by atoms with E-state index in [4.69, 9.17) is 11.6 Å². The van der Waals surface area contributed by atoms with Gasteiger partial charge in [0.25, 0.3) is 0 Å². The first-order valence-corrected chi connectivity index (χ1v) is 6.01. The second kappa shape index (κ2) is 4.57. The number of halogens is 1. The van der Waals surface area contributed by atoms with Gasteiger partial charge >= 0.3 is 0 Å². The number of rotatable bonds is 2. The molecule has 2 rings (SSSR count). The molecule has 0 saturated carbocycles. The van der Waals surface area contributed by atoms with Crippen LogP contribution in [0.5, 0.6) is 0 Å². The highest BCUT2D eigenvalue weighted by Crippen LogP contribution is 2.15. The molecule has 2 aromatic heterocycles. The van der Waals surface area contributed by atoms with E-state index in [-0.39, 0.29) is 5.91 Å². The highest BCUT2D eigenvalue weighted by atomic mass is 35.5. The molecule has 2 aromatic rings. The van der Waals surface area contributed by atoms with Crippen molar-refractivity contribution in [2.75, 3.05) is 0 Å². The van der Waals surface area contributed by atoms with Crippen LogP contribution in [-0.2, 0) is 11.5 Å². The molecule has 18 heavy (non-hydrogen) atoms. The molecule has 6 heteroatoms. The van der Waals surface area contributed by atoms with Crippen molar-refractivity contribution in [2.24, 2.45) is 5.41 Å². The average Bonchev–Trinajstić information content (AvgIpc) is 2.66. The maximum absolute atomic E-state index is 11.8. The van der Waals surface area contributed by atoms with Crippen molar-refractivity contribution in [3.8, 4) is 0 Å². The van der Waals surface area contributed by atoms with Crippen LogP contribution in [0.15, 0.2) is 18.5 Å². The smallest absolute Gasteiger partial charge is 0.226 e. The lowest BCUT2D eigenvalue weighted by Crippen LogP contribution is -2.35. The van der Waals surface area contributed by atoms with Crippen LogP contribution in [0.4, 0.5) is 0 Å². The van der Waals surface area contributed by atoms with E-state index in [1.54, 1.807) is 0 Å².